The molecule has 168 valence electrons. The summed E-state index contributed by atoms with van der Waals surface area (Å²) < 4.78 is 5.67. The molecule has 0 spiro atoms. The molecule has 0 radical (unpaired) electrons. The molecule has 2 aromatic rings. The SMILES string of the molecule is CN1CCN(N=Cc2ccc(C(=O)Nc3ccc4c(c3)CC(CC(=O)O)CO4)cc2)CC1. The Labute approximate surface area is 187 Å². The van der Waals surface area contributed by atoms with Gasteiger partial charge < -0.3 is 20.1 Å². The fourth-order valence-corrected chi connectivity index (χ4v) is 3.90. The Balaban J connectivity index is 1.35. The quantitative estimate of drug-likeness (QED) is 0.676. The maximum absolute atomic E-state index is 12.7. The number of hydrogen-bond donors (Lipinski definition) is 2. The Morgan fingerprint density at radius 1 is 1.16 bits per heavy atom. The summed E-state index contributed by atoms with van der Waals surface area (Å²) in [6.07, 6.45) is 2.51. The number of carboxylic acids is 1. The van der Waals surface area contributed by atoms with Crippen LogP contribution in [-0.4, -0.2) is 72.9 Å². The maximum atomic E-state index is 12.7. The number of amides is 1. The highest BCUT2D eigenvalue weighted by molar-refractivity contribution is 6.04. The molecule has 8 nitrogen and oxygen atoms in total. The predicted octanol–water partition coefficient (Wildman–Crippen LogP) is 2.55. The first-order chi connectivity index (χ1) is 15.5. The van der Waals surface area contributed by atoms with Crippen molar-refractivity contribution in [3.8, 4) is 5.75 Å². The van der Waals surface area contributed by atoms with E-state index in [0.717, 1.165) is 43.1 Å². The number of anilines is 1. The van der Waals surface area contributed by atoms with Crippen molar-refractivity contribution in [2.45, 2.75) is 12.8 Å². The Bertz CT molecular complexity index is 998. The summed E-state index contributed by atoms with van der Waals surface area (Å²) in [4.78, 5) is 25.9. The van der Waals surface area contributed by atoms with Gasteiger partial charge in [-0.3, -0.25) is 14.6 Å². The molecular formula is C24H28N4O4. The smallest absolute Gasteiger partial charge is 0.303 e. The van der Waals surface area contributed by atoms with E-state index in [1.54, 1.807) is 18.2 Å². The van der Waals surface area contributed by atoms with E-state index >= 15 is 0 Å². The summed E-state index contributed by atoms with van der Waals surface area (Å²) in [5.41, 5.74) is 3.07. The van der Waals surface area contributed by atoms with E-state index in [-0.39, 0.29) is 18.2 Å². The first kappa shape index (κ1) is 21.8. The molecule has 1 atom stereocenters. The topological polar surface area (TPSA) is 94.5 Å². The van der Waals surface area contributed by atoms with Crippen LogP contribution >= 0.6 is 0 Å². The number of nitrogens with zero attached hydrogens (tertiary/aromatic N) is 3. The number of piperazine rings is 1. The average molecular weight is 437 g/mol. The number of ether oxygens (including phenoxy) is 1. The molecule has 0 saturated carbocycles. The lowest BCUT2D eigenvalue weighted by molar-refractivity contribution is -0.138. The van der Waals surface area contributed by atoms with Gasteiger partial charge in [-0.15, -0.1) is 0 Å². The molecule has 0 bridgehead atoms. The third-order valence-electron chi connectivity index (χ3n) is 5.79. The van der Waals surface area contributed by atoms with Crippen LogP contribution in [0.25, 0.3) is 0 Å². The van der Waals surface area contributed by atoms with E-state index in [1.807, 2.05) is 30.5 Å². The van der Waals surface area contributed by atoms with Crippen LogP contribution < -0.4 is 10.1 Å². The highest BCUT2D eigenvalue weighted by Gasteiger charge is 2.22. The Kier molecular flexibility index (Phi) is 6.70. The monoisotopic (exact) mass is 436 g/mol. The molecule has 0 aromatic heterocycles. The summed E-state index contributed by atoms with van der Waals surface area (Å²) in [7, 11) is 2.11. The van der Waals surface area contributed by atoms with Crippen LogP contribution in [0, 0.1) is 5.92 Å². The zero-order chi connectivity index (χ0) is 22.5. The first-order valence-electron chi connectivity index (χ1n) is 10.8. The van der Waals surface area contributed by atoms with Crippen molar-refractivity contribution in [1.82, 2.24) is 9.91 Å². The van der Waals surface area contributed by atoms with Crippen LogP contribution in [0.2, 0.25) is 0 Å². The van der Waals surface area contributed by atoms with Gasteiger partial charge in [-0.2, -0.15) is 5.10 Å². The van der Waals surface area contributed by atoms with Gasteiger partial charge in [0.25, 0.3) is 5.91 Å². The minimum absolute atomic E-state index is 0.0639. The number of fused-ring (bicyclic) bond motifs is 1. The number of hydrazone groups is 1. The van der Waals surface area contributed by atoms with Crippen molar-refractivity contribution in [2.75, 3.05) is 45.2 Å². The number of aliphatic carboxylic acids is 1. The van der Waals surface area contributed by atoms with Crippen molar-refractivity contribution in [2.24, 2.45) is 11.0 Å². The predicted molar refractivity (Wildman–Crippen MR) is 122 cm³/mol. The van der Waals surface area contributed by atoms with E-state index in [1.165, 1.54) is 0 Å². The van der Waals surface area contributed by atoms with Crippen molar-refractivity contribution in [3.05, 3.63) is 59.2 Å². The van der Waals surface area contributed by atoms with E-state index < -0.39 is 5.97 Å². The van der Waals surface area contributed by atoms with Gasteiger partial charge in [0.1, 0.15) is 5.75 Å². The summed E-state index contributed by atoms with van der Waals surface area (Å²) in [6.45, 7) is 4.24. The molecule has 2 aliphatic heterocycles. The van der Waals surface area contributed by atoms with Gasteiger partial charge in [0.05, 0.1) is 19.2 Å². The summed E-state index contributed by atoms with van der Waals surface area (Å²) >= 11 is 0. The number of nitrogens with one attached hydrogen (secondary N) is 1. The summed E-state index contributed by atoms with van der Waals surface area (Å²) in [5.74, 6) is -0.352. The first-order valence-corrected chi connectivity index (χ1v) is 10.8. The number of benzene rings is 2. The lowest BCUT2D eigenvalue weighted by Crippen LogP contribution is -2.41. The highest BCUT2D eigenvalue weighted by Crippen LogP contribution is 2.31. The second-order valence-corrected chi connectivity index (χ2v) is 8.38. The van der Waals surface area contributed by atoms with E-state index in [0.29, 0.717) is 24.3 Å². The van der Waals surface area contributed by atoms with Crippen LogP contribution in [0.5, 0.6) is 5.75 Å². The third kappa shape index (κ3) is 5.64. The molecule has 1 amide bonds. The zero-order valence-corrected chi connectivity index (χ0v) is 18.2. The van der Waals surface area contributed by atoms with Gasteiger partial charge in [-0.25, -0.2) is 0 Å². The maximum Gasteiger partial charge on any atom is 0.303 e. The molecule has 2 N–H and O–H groups in total. The fourth-order valence-electron chi connectivity index (χ4n) is 3.90. The van der Waals surface area contributed by atoms with Crippen LogP contribution in [0.4, 0.5) is 5.69 Å². The van der Waals surface area contributed by atoms with Crippen LogP contribution in [-0.2, 0) is 11.2 Å². The largest absolute Gasteiger partial charge is 0.493 e. The number of carbonyl (C=O) groups is 2. The molecule has 2 heterocycles. The summed E-state index contributed by atoms with van der Waals surface area (Å²) in [5, 5.41) is 18.5. The van der Waals surface area contributed by atoms with Gasteiger partial charge >= 0.3 is 5.97 Å². The second-order valence-electron chi connectivity index (χ2n) is 8.38. The number of carbonyl (C=O) groups excluding carboxylic acids is 1. The lowest BCUT2D eigenvalue weighted by atomic mass is 9.94. The molecule has 8 heteroatoms. The number of hydrogen-bond acceptors (Lipinski definition) is 6. The third-order valence-corrected chi connectivity index (χ3v) is 5.79. The van der Waals surface area contributed by atoms with Gasteiger partial charge in [0.2, 0.25) is 0 Å². The normalized spacial score (nSPS) is 18.8. The minimum Gasteiger partial charge on any atom is -0.493 e. The molecule has 1 unspecified atom stereocenters. The summed E-state index contributed by atoms with van der Waals surface area (Å²) in [6, 6.07) is 12.8. The van der Waals surface area contributed by atoms with Crippen molar-refractivity contribution in [3.63, 3.8) is 0 Å². The van der Waals surface area contributed by atoms with Crippen molar-refractivity contribution >= 4 is 23.8 Å². The van der Waals surface area contributed by atoms with Crippen molar-refractivity contribution < 1.29 is 19.4 Å². The molecule has 1 saturated heterocycles. The standard InChI is InChI=1S/C24H28N4O4/c1-27-8-10-28(11-9-27)25-15-17-2-4-19(5-3-17)24(31)26-21-6-7-22-20(14-21)12-18(16-32-22)13-23(29)30/h2-7,14-15,18H,8-13,16H2,1H3,(H,26,31)(H,29,30). The second kappa shape index (κ2) is 9.82. The van der Waals surface area contributed by atoms with Gasteiger partial charge in [-0.1, -0.05) is 12.1 Å². The fraction of sp³-hybridized carbons (Fsp3) is 0.375. The number of likely N-dealkylation sites (N-methyl/N-ethyl adjacent to an activating group) is 1. The average Bonchev–Trinajstić information content (AvgIpc) is 2.78. The molecule has 2 aliphatic rings. The van der Waals surface area contributed by atoms with Gasteiger partial charge in [0, 0.05) is 43.3 Å². The molecule has 4 rings (SSSR count). The Hall–Kier alpha value is -3.39. The number of rotatable bonds is 6. The molecule has 32 heavy (non-hydrogen) atoms. The minimum atomic E-state index is -0.830. The Morgan fingerprint density at radius 3 is 2.62 bits per heavy atom. The van der Waals surface area contributed by atoms with Gasteiger partial charge in [-0.05, 0) is 54.9 Å². The van der Waals surface area contributed by atoms with Gasteiger partial charge in [0.15, 0.2) is 0 Å². The number of carboxylic acid groups (broad SMARTS) is 1. The van der Waals surface area contributed by atoms with Crippen LogP contribution in [0.1, 0.15) is 27.9 Å². The molecule has 2 aromatic carbocycles. The molecule has 1 fully saturated rings. The van der Waals surface area contributed by atoms with E-state index in [2.05, 4.69) is 27.4 Å². The van der Waals surface area contributed by atoms with Crippen LogP contribution in [0.3, 0.4) is 0 Å². The van der Waals surface area contributed by atoms with Crippen LogP contribution in [0.15, 0.2) is 47.6 Å². The highest BCUT2D eigenvalue weighted by atomic mass is 16.5. The Morgan fingerprint density at radius 2 is 1.91 bits per heavy atom. The molecular weight excluding hydrogens is 408 g/mol. The van der Waals surface area contributed by atoms with Crippen molar-refractivity contribution in [1.29, 1.82) is 0 Å². The molecule has 0 aliphatic carbocycles. The van der Waals surface area contributed by atoms with E-state index in [9.17, 15) is 9.59 Å². The lowest BCUT2D eigenvalue weighted by Gasteiger charge is -2.30. The zero-order valence-electron chi connectivity index (χ0n) is 18.2. The van der Waals surface area contributed by atoms with E-state index in [4.69, 9.17) is 9.84 Å².